The molecule has 0 aliphatic heterocycles. The van der Waals surface area contributed by atoms with E-state index in [2.05, 4.69) is 5.32 Å². The number of nitrogens with one attached hydrogen (secondary N) is 1. The van der Waals surface area contributed by atoms with Crippen LogP contribution in [0.3, 0.4) is 0 Å². The number of carbonyl (C=O) groups excluding carboxylic acids is 2. The van der Waals surface area contributed by atoms with Crippen molar-refractivity contribution in [1.29, 1.82) is 0 Å². The van der Waals surface area contributed by atoms with Gasteiger partial charge in [-0.2, -0.15) is 0 Å². The van der Waals surface area contributed by atoms with E-state index in [-0.39, 0.29) is 24.2 Å². The molecule has 4 nitrogen and oxygen atoms in total. The normalized spacial score (nSPS) is 11.8. The summed E-state index contributed by atoms with van der Waals surface area (Å²) < 4.78 is 13.7. The Morgan fingerprint density at radius 2 is 2.00 bits per heavy atom. The summed E-state index contributed by atoms with van der Waals surface area (Å²) >= 11 is 0. The highest BCUT2D eigenvalue weighted by atomic mass is 19.1. The summed E-state index contributed by atoms with van der Waals surface area (Å²) in [5, 5.41) is 2.52. The summed E-state index contributed by atoms with van der Waals surface area (Å²) in [6.45, 7) is 3.64. The van der Waals surface area contributed by atoms with Crippen LogP contribution in [0.5, 0.6) is 0 Å². The third-order valence-electron chi connectivity index (χ3n) is 3.18. The van der Waals surface area contributed by atoms with E-state index in [4.69, 9.17) is 0 Å². The van der Waals surface area contributed by atoms with Gasteiger partial charge in [0.15, 0.2) is 0 Å². The van der Waals surface area contributed by atoms with Crippen LogP contribution < -0.4 is 5.32 Å². The number of hydrogen-bond donors (Lipinski definition) is 1. The number of likely N-dealkylation sites (N-methyl/N-ethyl adjacent to an activating group) is 1. The van der Waals surface area contributed by atoms with Crippen molar-refractivity contribution in [3.8, 4) is 0 Å². The first kappa shape index (κ1) is 16.1. The Balaban J connectivity index is 2.96. The SMILES string of the molecule is CCCC(=O)N(Cc1ccccc1F)[C@@H](C)C(=O)NC. The van der Waals surface area contributed by atoms with E-state index in [1.165, 1.54) is 18.0 Å². The lowest BCUT2D eigenvalue weighted by molar-refractivity contribution is -0.140. The van der Waals surface area contributed by atoms with Crippen LogP contribution in [0.1, 0.15) is 32.3 Å². The van der Waals surface area contributed by atoms with Gasteiger partial charge in [-0.15, -0.1) is 0 Å². The van der Waals surface area contributed by atoms with Crippen LogP contribution in [0, 0.1) is 5.82 Å². The largest absolute Gasteiger partial charge is 0.357 e. The molecule has 5 heteroatoms. The third-order valence-corrected chi connectivity index (χ3v) is 3.18. The first-order chi connectivity index (χ1) is 9.51. The van der Waals surface area contributed by atoms with Gasteiger partial charge in [-0.3, -0.25) is 9.59 Å². The molecular formula is C15H21FN2O2. The topological polar surface area (TPSA) is 49.4 Å². The predicted molar refractivity (Wildman–Crippen MR) is 75.4 cm³/mol. The standard InChI is InChI=1S/C15H21FN2O2/c1-4-7-14(19)18(11(2)15(20)17-3)10-12-8-5-6-9-13(12)16/h5-6,8-9,11H,4,7,10H2,1-3H3,(H,17,20)/t11-/m0/s1. The fraction of sp³-hybridized carbons (Fsp3) is 0.467. The van der Waals surface area contributed by atoms with Crippen molar-refractivity contribution < 1.29 is 14.0 Å². The second-order valence-electron chi connectivity index (χ2n) is 4.65. The molecule has 0 fully saturated rings. The quantitative estimate of drug-likeness (QED) is 0.867. The van der Waals surface area contributed by atoms with E-state index in [0.29, 0.717) is 18.4 Å². The monoisotopic (exact) mass is 280 g/mol. The molecule has 110 valence electrons. The molecule has 0 aromatic heterocycles. The van der Waals surface area contributed by atoms with Gasteiger partial charge in [-0.1, -0.05) is 25.1 Å². The molecule has 0 aliphatic rings. The van der Waals surface area contributed by atoms with Crippen molar-refractivity contribution in [2.45, 2.75) is 39.3 Å². The van der Waals surface area contributed by atoms with Gasteiger partial charge in [0.2, 0.25) is 11.8 Å². The van der Waals surface area contributed by atoms with Crippen LogP contribution in [0.15, 0.2) is 24.3 Å². The van der Waals surface area contributed by atoms with E-state index >= 15 is 0 Å². The molecule has 0 saturated carbocycles. The Hall–Kier alpha value is -1.91. The molecule has 0 saturated heterocycles. The van der Waals surface area contributed by atoms with Crippen LogP contribution in [-0.2, 0) is 16.1 Å². The lowest BCUT2D eigenvalue weighted by Gasteiger charge is -2.28. The summed E-state index contributed by atoms with van der Waals surface area (Å²) in [6.07, 6.45) is 1.03. The van der Waals surface area contributed by atoms with E-state index < -0.39 is 6.04 Å². The first-order valence-corrected chi connectivity index (χ1v) is 6.75. The molecule has 0 spiro atoms. The van der Waals surface area contributed by atoms with E-state index in [1.807, 2.05) is 6.92 Å². The summed E-state index contributed by atoms with van der Waals surface area (Å²) in [6, 6.07) is 5.66. The van der Waals surface area contributed by atoms with Gasteiger partial charge in [-0.05, 0) is 19.4 Å². The van der Waals surface area contributed by atoms with Gasteiger partial charge in [0, 0.05) is 25.6 Å². The number of carbonyl (C=O) groups is 2. The number of nitrogens with zero attached hydrogens (tertiary/aromatic N) is 1. The van der Waals surface area contributed by atoms with E-state index in [1.54, 1.807) is 25.1 Å². The Kier molecular flexibility index (Phi) is 6.15. The Bertz CT molecular complexity index is 477. The molecule has 0 unspecified atom stereocenters. The van der Waals surface area contributed by atoms with E-state index in [0.717, 1.165) is 0 Å². The van der Waals surface area contributed by atoms with Gasteiger partial charge in [0.05, 0.1) is 0 Å². The average molecular weight is 280 g/mol. The van der Waals surface area contributed by atoms with Crippen LogP contribution in [0.4, 0.5) is 4.39 Å². The fourth-order valence-corrected chi connectivity index (χ4v) is 1.96. The molecule has 0 radical (unpaired) electrons. The second kappa shape index (κ2) is 7.62. The van der Waals surface area contributed by atoms with E-state index in [9.17, 15) is 14.0 Å². The van der Waals surface area contributed by atoms with Crippen molar-refractivity contribution in [2.75, 3.05) is 7.05 Å². The Morgan fingerprint density at radius 3 is 2.55 bits per heavy atom. The fourth-order valence-electron chi connectivity index (χ4n) is 1.96. The zero-order valence-electron chi connectivity index (χ0n) is 12.1. The van der Waals surface area contributed by atoms with Gasteiger partial charge in [-0.25, -0.2) is 4.39 Å². The molecule has 0 heterocycles. The molecule has 1 aromatic carbocycles. The summed E-state index contributed by atoms with van der Waals surface area (Å²) in [5.74, 6) is -0.774. The predicted octanol–water partition coefficient (Wildman–Crippen LogP) is 2.09. The maximum absolute atomic E-state index is 13.7. The maximum Gasteiger partial charge on any atom is 0.242 e. The molecule has 1 rings (SSSR count). The van der Waals surface area contributed by atoms with Gasteiger partial charge < -0.3 is 10.2 Å². The van der Waals surface area contributed by atoms with Crippen molar-refractivity contribution in [3.05, 3.63) is 35.6 Å². The smallest absolute Gasteiger partial charge is 0.242 e. The number of hydrogen-bond acceptors (Lipinski definition) is 2. The van der Waals surface area contributed by atoms with Crippen LogP contribution in [-0.4, -0.2) is 29.8 Å². The molecule has 20 heavy (non-hydrogen) atoms. The minimum absolute atomic E-state index is 0.0973. The van der Waals surface area contributed by atoms with Crippen LogP contribution in [0.2, 0.25) is 0 Å². The second-order valence-corrected chi connectivity index (χ2v) is 4.65. The molecular weight excluding hydrogens is 259 g/mol. The van der Waals surface area contributed by atoms with Crippen LogP contribution in [0.25, 0.3) is 0 Å². The highest BCUT2D eigenvalue weighted by molar-refractivity contribution is 5.87. The van der Waals surface area contributed by atoms with Gasteiger partial charge >= 0.3 is 0 Å². The van der Waals surface area contributed by atoms with Crippen LogP contribution >= 0.6 is 0 Å². The lowest BCUT2D eigenvalue weighted by atomic mass is 10.1. The summed E-state index contributed by atoms with van der Waals surface area (Å²) in [4.78, 5) is 25.3. The molecule has 0 bridgehead atoms. The van der Waals surface area contributed by atoms with Crippen molar-refractivity contribution in [2.24, 2.45) is 0 Å². The minimum atomic E-state index is -0.626. The molecule has 1 atom stereocenters. The molecule has 1 aromatic rings. The highest BCUT2D eigenvalue weighted by Crippen LogP contribution is 2.14. The molecule has 2 amide bonds. The lowest BCUT2D eigenvalue weighted by Crippen LogP contribution is -2.46. The highest BCUT2D eigenvalue weighted by Gasteiger charge is 2.25. The minimum Gasteiger partial charge on any atom is -0.357 e. The summed E-state index contributed by atoms with van der Waals surface area (Å²) in [7, 11) is 1.52. The first-order valence-electron chi connectivity index (χ1n) is 6.75. The number of rotatable bonds is 6. The number of halogens is 1. The van der Waals surface area contributed by atoms with Crippen molar-refractivity contribution in [3.63, 3.8) is 0 Å². The Morgan fingerprint density at radius 1 is 1.35 bits per heavy atom. The third kappa shape index (κ3) is 4.05. The Labute approximate surface area is 119 Å². The zero-order chi connectivity index (χ0) is 15.1. The maximum atomic E-state index is 13.7. The molecule has 0 aliphatic carbocycles. The number of benzene rings is 1. The average Bonchev–Trinajstić information content (AvgIpc) is 2.45. The molecule has 1 N–H and O–H groups in total. The zero-order valence-corrected chi connectivity index (χ0v) is 12.1. The van der Waals surface area contributed by atoms with Crippen molar-refractivity contribution >= 4 is 11.8 Å². The van der Waals surface area contributed by atoms with Crippen molar-refractivity contribution in [1.82, 2.24) is 10.2 Å². The number of amides is 2. The van der Waals surface area contributed by atoms with Gasteiger partial charge in [0.1, 0.15) is 11.9 Å². The summed E-state index contributed by atoms with van der Waals surface area (Å²) in [5.41, 5.74) is 0.410. The van der Waals surface area contributed by atoms with Gasteiger partial charge in [0.25, 0.3) is 0 Å².